The number of nitrogens with zero attached hydrogens (tertiary/aromatic N) is 2. The minimum absolute atomic E-state index is 0. The number of hydrogen-bond acceptors (Lipinski definition) is 3. The molecule has 0 spiro atoms. The molecule has 1 aliphatic heterocycles. The van der Waals surface area contributed by atoms with E-state index in [1.165, 1.54) is 4.88 Å². The Morgan fingerprint density at radius 3 is 2.23 bits per heavy atom. The van der Waals surface area contributed by atoms with Gasteiger partial charge in [-0.05, 0) is 13.8 Å². The summed E-state index contributed by atoms with van der Waals surface area (Å²) in [5, 5.41) is 5.13. The molecule has 1 aliphatic rings. The molecule has 0 saturated heterocycles. The molecule has 2 heterocycles. The number of aromatic nitrogens is 1. The van der Waals surface area contributed by atoms with Gasteiger partial charge in [0.2, 0.25) is 0 Å². The van der Waals surface area contributed by atoms with Crippen LogP contribution < -0.4 is 0 Å². The average molecular weight is 287 g/mol. The van der Waals surface area contributed by atoms with Crippen LogP contribution in [0.2, 0.25) is 0 Å². The maximum atomic E-state index is 4.29. The third kappa shape index (κ3) is 3.70. The molecule has 69 valence electrons. The average Bonchev–Trinajstić information content (AvgIpc) is 2.83. The van der Waals surface area contributed by atoms with Gasteiger partial charge in [0.15, 0.2) is 0 Å². The standard InChI is InChI=1S/C7H7N2S.CH4S.Y/c1-4-7(6-3-8-6)10-5(2)9-4;1-2;/h3H,1-2H3;2H,1H3;/q-1;;/p-1. The van der Waals surface area contributed by atoms with Gasteiger partial charge in [0.1, 0.15) is 0 Å². The maximum Gasteiger partial charge on any atom is 0.0903 e. The van der Waals surface area contributed by atoms with Crippen LogP contribution in [0.15, 0.2) is 6.20 Å². The topological polar surface area (TPSA) is 27.0 Å². The van der Waals surface area contributed by atoms with Gasteiger partial charge in [0.05, 0.1) is 10.7 Å². The predicted molar refractivity (Wildman–Crippen MR) is 56.2 cm³/mol. The molecule has 1 aromatic heterocycles. The first kappa shape index (κ1) is 13.6. The summed E-state index contributed by atoms with van der Waals surface area (Å²) in [7, 11) is 0. The fourth-order valence-electron chi connectivity index (χ4n) is 0.918. The van der Waals surface area contributed by atoms with Crippen molar-refractivity contribution in [3.8, 4) is 0 Å². The van der Waals surface area contributed by atoms with Gasteiger partial charge < -0.3 is 17.9 Å². The van der Waals surface area contributed by atoms with Crippen LogP contribution in [0.1, 0.15) is 15.6 Å². The van der Waals surface area contributed by atoms with Crippen molar-refractivity contribution in [3.05, 3.63) is 27.1 Å². The van der Waals surface area contributed by atoms with E-state index in [4.69, 9.17) is 0 Å². The predicted octanol–water partition coefficient (Wildman–Crippen LogP) is 2.61. The second kappa shape index (κ2) is 6.17. The van der Waals surface area contributed by atoms with E-state index in [1.54, 1.807) is 17.6 Å². The van der Waals surface area contributed by atoms with Crippen LogP contribution >= 0.6 is 11.3 Å². The Balaban J connectivity index is 0.000000451. The van der Waals surface area contributed by atoms with Crippen molar-refractivity contribution in [1.29, 1.82) is 0 Å². The van der Waals surface area contributed by atoms with Gasteiger partial charge in [0.25, 0.3) is 0 Å². The van der Waals surface area contributed by atoms with Gasteiger partial charge in [0, 0.05) is 37.6 Å². The quantitative estimate of drug-likeness (QED) is 0.742. The van der Waals surface area contributed by atoms with E-state index in [1.807, 2.05) is 20.0 Å². The van der Waals surface area contributed by atoms with Crippen molar-refractivity contribution >= 4 is 29.7 Å². The van der Waals surface area contributed by atoms with Crippen molar-refractivity contribution in [2.45, 2.75) is 13.8 Å². The molecule has 0 N–H and O–H groups in total. The Morgan fingerprint density at radius 2 is 1.92 bits per heavy atom. The van der Waals surface area contributed by atoms with E-state index in [9.17, 15) is 0 Å². The van der Waals surface area contributed by atoms with Crippen molar-refractivity contribution in [3.63, 3.8) is 0 Å². The fraction of sp³-hybridized carbons (Fsp3) is 0.375. The zero-order valence-corrected chi connectivity index (χ0v) is 12.3. The normalized spacial score (nSPS) is 11.5. The molecule has 0 atom stereocenters. The number of rotatable bonds is 1. The second-order valence-corrected chi connectivity index (χ2v) is 3.49. The number of aryl methyl sites for hydroxylation is 2. The van der Waals surface area contributed by atoms with Crippen LogP contribution in [-0.4, -0.2) is 11.2 Å². The van der Waals surface area contributed by atoms with Gasteiger partial charge >= 0.3 is 0 Å². The van der Waals surface area contributed by atoms with Crippen molar-refractivity contribution in [2.24, 2.45) is 0 Å². The van der Waals surface area contributed by atoms with E-state index >= 15 is 0 Å². The van der Waals surface area contributed by atoms with E-state index in [-0.39, 0.29) is 32.7 Å². The third-order valence-corrected chi connectivity index (χ3v) is 2.49. The molecule has 1 aromatic rings. The SMILES string of the molecule is C[S-].Cc1nc(C)c(C2=C[N-]2)s1.[Y]. The molecule has 5 heteroatoms. The summed E-state index contributed by atoms with van der Waals surface area (Å²) in [6, 6.07) is 0. The van der Waals surface area contributed by atoms with E-state index in [2.05, 4.69) is 22.9 Å². The monoisotopic (exact) mass is 287 g/mol. The summed E-state index contributed by atoms with van der Waals surface area (Å²) < 4.78 is 0. The summed E-state index contributed by atoms with van der Waals surface area (Å²) >= 11 is 5.80. The molecular weight excluding hydrogens is 277 g/mol. The third-order valence-electron chi connectivity index (χ3n) is 1.39. The molecule has 0 aromatic carbocycles. The zero-order chi connectivity index (χ0) is 9.14. The minimum Gasteiger partial charge on any atom is -0.796 e. The summed E-state index contributed by atoms with van der Waals surface area (Å²) in [5.74, 6) is 0. The zero-order valence-electron chi connectivity index (χ0n) is 7.87. The molecule has 0 amide bonds. The maximum absolute atomic E-state index is 4.29. The Bertz CT molecular complexity index is 307. The molecular formula is C8H10N2S2Y-2. The van der Waals surface area contributed by atoms with E-state index < -0.39 is 0 Å². The summed E-state index contributed by atoms with van der Waals surface area (Å²) in [6.07, 6.45) is 3.46. The first-order chi connectivity index (χ1) is 5.77. The smallest absolute Gasteiger partial charge is 0.0903 e. The van der Waals surface area contributed by atoms with Crippen LogP contribution in [0.3, 0.4) is 0 Å². The molecule has 1 radical (unpaired) electrons. The molecule has 0 fully saturated rings. The van der Waals surface area contributed by atoms with Gasteiger partial charge in [-0.1, -0.05) is 0 Å². The van der Waals surface area contributed by atoms with Crippen molar-refractivity contribution < 1.29 is 32.7 Å². The molecule has 2 rings (SSSR count). The van der Waals surface area contributed by atoms with Crippen LogP contribution in [0, 0.1) is 13.8 Å². The molecule has 0 bridgehead atoms. The minimum atomic E-state index is 0. The summed E-state index contributed by atoms with van der Waals surface area (Å²) in [6.45, 7) is 4.04. The number of thiazole rings is 1. The van der Waals surface area contributed by atoms with Crippen LogP contribution in [-0.2, 0) is 45.3 Å². The van der Waals surface area contributed by atoms with Gasteiger partial charge in [-0.15, -0.1) is 17.0 Å². The van der Waals surface area contributed by atoms with E-state index in [0.717, 1.165) is 16.4 Å². The fourth-order valence-corrected chi connectivity index (χ4v) is 1.80. The van der Waals surface area contributed by atoms with Crippen LogP contribution in [0.25, 0.3) is 11.0 Å². The molecule has 0 saturated carbocycles. The molecule has 0 aliphatic carbocycles. The van der Waals surface area contributed by atoms with Gasteiger partial charge in [-0.2, -0.15) is 12.5 Å². The largest absolute Gasteiger partial charge is 0.796 e. The molecule has 13 heavy (non-hydrogen) atoms. The second-order valence-electron chi connectivity index (χ2n) is 2.29. The van der Waals surface area contributed by atoms with Crippen molar-refractivity contribution in [1.82, 2.24) is 4.98 Å². The Hall–Kier alpha value is 0.624. The van der Waals surface area contributed by atoms with Crippen LogP contribution in [0.5, 0.6) is 0 Å². The Morgan fingerprint density at radius 1 is 1.38 bits per heavy atom. The summed E-state index contributed by atoms with van der Waals surface area (Å²) in [5.41, 5.74) is 2.22. The molecule has 0 unspecified atom stereocenters. The number of hydrogen-bond donors (Lipinski definition) is 0. The van der Waals surface area contributed by atoms with E-state index in [0.29, 0.717) is 0 Å². The Kier molecular flexibility index (Phi) is 6.47. The summed E-state index contributed by atoms with van der Waals surface area (Å²) in [4.78, 5) is 5.52. The van der Waals surface area contributed by atoms with Gasteiger partial charge in [-0.3, -0.25) is 0 Å². The first-order valence-electron chi connectivity index (χ1n) is 3.53. The molecule has 2 nitrogen and oxygen atoms in total. The van der Waals surface area contributed by atoms with Gasteiger partial charge in [-0.25, -0.2) is 4.98 Å². The first-order valence-corrected chi connectivity index (χ1v) is 5.17. The van der Waals surface area contributed by atoms with Crippen molar-refractivity contribution in [2.75, 3.05) is 6.26 Å². The van der Waals surface area contributed by atoms with Crippen LogP contribution in [0.4, 0.5) is 0 Å². The Labute approximate surface area is 114 Å².